The Morgan fingerprint density at radius 2 is 1.84 bits per heavy atom. The average Bonchev–Trinajstić information content (AvgIpc) is 3.18. The van der Waals surface area contributed by atoms with Gasteiger partial charge in [0, 0.05) is 44.0 Å². The van der Waals surface area contributed by atoms with Gasteiger partial charge >= 0.3 is 5.69 Å². The summed E-state index contributed by atoms with van der Waals surface area (Å²) < 4.78 is 28.3. The molecule has 7 nitrogen and oxygen atoms in total. The molecule has 0 amide bonds. The summed E-state index contributed by atoms with van der Waals surface area (Å²) in [6.07, 6.45) is -0.525. The first-order valence-electron chi connectivity index (χ1n) is 10.5. The molecule has 3 N–H and O–H groups in total. The number of nitrogens with zero attached hydrogens (tertiary/aromatic N) is 4. The van der Waals surface area contributed by atoms with Crippen LogP contribution in [0.5, 0.6) is 0 Å². The van der Waals surface area contributed by atoms with Crippen molar-refractivity contribution in [1.29, 1.82) is 0 Å². The molecule has 1 saturated heterocycles. The number of rotatable bonds is 6. The summed E-state index contributed by atoms with van der Waals surface area (Å²) in [5.41, 5.74) is 9.33. The van der Waals surface area contributed by atoms with Crippen LogP contribution in [0.25, 0.3) is 16.8 Å². The zero-order valence-corrected chi connectivity index (χ0v) is 17.9. The highest BCUT2D eigenvalue weighted by molar-refractivity contribution is 5.72. The predicted molar refractivity (Wildman–Crippen MR) is 121 cm³/mol. The van der Waals surface area contributed by atoms with Crippen molar-refractivity contribution in [2.75, 3.05) is 37.6 Å². The minimum absolute atomic E-state index is 0.313. The van der Waals surface area contributed by atoms with Crippen LogP contribution in [0.4, 0.5) is 14.5 Å². The second-order valence-electron chi connectivity index (χ2n) is 7.74. The van der Waals surface area contributed by atoms with Crippen LogP contribution < -0.4 is 21.6 Å². The Kier molecular flexibility index (Phi) is 6.48. The molecule has 168 valence electrons. The third-order valence-electron chi connectivity index (χ3n) is 5.81. The second-order valence-corrected chi connectivity index (χ2v) is 7.74. The smallest absolute Gasteiger partial charge is 0.350 e. The van der Waals surface area contributed by atoms with Crippen LogP contribution >= 0.6 is 0 Å². The van der Waals surface area contributed by atoms with Crippen LogP contribution in [0.15, 0.2) is 65.2 Å². The number of nitrogens with one attached hydrogen (secondary N) is 1. The molecule has 0 saturated carbocycles. The van der Waals surface area contributed by atoms with E-state index in [9.17, 15) is 13.6 Å². The van der Waals surface area contributed by atoms with Crippen molar-refractivity contribution < 1.29 is 8.78 Å². The van der Waals surface area contributed by atoms with Gasteiger partial charge in [-0.2, -0.15) is 13.9 Å². The quantitative estimate of drug-likeness (QED) is 0.616. The zero-order valence-electron chi connectivity index (χ0n) is 17.9. The molecule has 1 aliphatic heterocycles. The van der Waals surface area contributed by atoms with Crippen molar-refractivity contribution in [3.8, 4) is 16.8 Å². The Hall–Kier alpha value is -3.30. The molecule has 0 spiro atoms. The molecule has 0 radical (unpaired) electrons. The molecule has 1 fully saturated rings. The van der Waals surface area contributed by atoms with E-state index in [1.165, 1.54) is 16.6 Å². The van der Waals surface area contributed by atoms with Gasteiger partial charge < -0.3 is 16.0 Å². The number of anilines is 1. The number of benzene rings is 2. The van der Waals surface area contributed by atoms with Crippen molar-refractivity contribution in [1.82, 2.24) is 19.7 Å². The van der Waals surface area contributed by atoms with Crippen molar-refractivity contribution in [2.45, 2.75) is 13.5 Å². The van der Waals surface area contributed by atoms with Crippen LogP contribution in [0.2, 0.25) is 0 Å². The number of hydrogen-bond donors (Lipinski definition) is 2. The first-order valence-corrected chi connectivity index (χ1v) is 10.5. The van der Waals surface area contributed by atoms with Gasteiger partial charge in [-0.3, -0.25) is 0 Å². The Balaban J connectivity index is 1.64. The van der Waals surface area contributed by atoms with E-state index in [1.54, 1.807) is 0 Å². The van der Waals surface area contributed by atoms with Gasteiger partial charge in [0.15, 0.2) is 0 Å². The maximum atomic E-state index is 12.9. The van der Waals surface area contributed by atoms with E-state index in [-0.39, 0.29) is 18.7 Å². The fourth-order valence-electron chi connectivity index (χ4n) is 3.97. The van der Waals surface area contributed by atoms with E-state index < -0.39 is 11.8 Å². The molecule has 0 bridgehead atoms. The third kappa shape index (κ3) is 4.35. The molecule has 2 heterocycles. The van der Waals surface area contributed by atoms with Crippen LogP contribution in [-0.2, 0) is 6.54 Å². The zero-order chi connectivity index (χ0) is 22.7. The number of halogens is 2. The summed E-state index contributed by atoms with van der Waals surface area (Å²) in [6.45, 7) is 5.18. The highest BCUT2D eigenvalue weighted by Crippen LogP contribution is 2.29. The molecule has 4 rings (SSSR count). The van der Waals surface area contributed by atoms with E-state index in [0.29, 0.717) is 5.69 Å². The second kappa shape index (κ2) is 9.46. The van der Waals surface area contributed by atoms with Crippen LogP contribution in [0, 0.1) is 6.92 Å². The third-order valence-corrected chi connectivity index (χ3v) is 5.81. The van der Waals surface area contributed by atoms with E-state index in [1.807, 2.05) is 25.1 Å². The molecule has 32 heavy (non-hydrogen) atoms. The minimum atomic E-state index is -1.88. The maximum absolute atomic E-state index is 12.9. The van der Waals surface area contributed by atoms with Crippen LogP contribution in [-0.4, -0.2) is 47.1 Å². The molecule has 1 aromatic heterocycles. The summed E-state index contributed by atoms with van der Waals surface area (Å²) in [4.78, 5) is 15.2. The van der Waals surface area contributed by atoms with E-state index >= 15 is 0 Å². The standard InChI is InChI=1S/C23H26F2N6O/c1-16-20(17-5-7-19(8-6-17)29-11-9-27-10-12-29)3-2-4-21(16)30-15-28-31(23(30)32)14-18(13-26)22(24)25/h2-8,15,27H,9-14,26H2,1H3. The Morgan fingerprint density at radius 3 is 2.50 bits per heavy atom. The highest BCUT2D eigenvalue weighted by atomic mass is 19.3. The molecular weight excluding hydrogens is 414 g/mol. The van der Waals surface area contributed by atoms with E-state index in [0.717, 1.165) is 47.6 Å². The molecule has 1 aliphatic rings. The lowest BCUT2D eigenvalue weighted by Crippen LogP contribution is -2.43. The number of piperazine rings is 1. The van der Waals surface area contributed by atoms with Crippen LogP contribution in [0.3, 0.4) is 0 Å². The molecular formula is C23H26F2N6O. The first kappa shape index (κ1) is 21.9. The fraction of sp³-hybridized carbons (Fsp3) is 0.304. The van der Waals surface area contributed by atoms with Crippen molar-refractivity contribution in [2.24, 2.45) is 5.73 Å². The summed E-state index contributed by atoms with van der Waals surface area (Å²) >= 11 is 0. The molecule has 0 unspecified atom stereocenters. The molecule has 2 aromatic carbocycles. The lowest BCUT2D eigenvalue weighted by Gasteiger charge is -2.29. The van der Waals surface area contributed by atoms with E-state index in [4.69, 9.17) is 5.73 Å². The van der Waals surface area contributed by atoms with Gasteiger partial charge in [-0.15, -0.1) is 0 Å². The monoisotopic (exact) mass is 440 g/mol. The fourth-order valence-corrected chi connectivity index (χ4v) is 3.97. The SMILES string of the molecule is Cc1c(-c2ccc(N3CCNCC3)cc2)cccc1-n1cnn(CC(CN)=C(F)F)c1=O. The van der Waals surface area contributed by atoms with Gasteiger partial charge in [0.2, 0.25) is 0 Å². The number of hydrogen-bond acceptors (Lipinski definition) is 5. The summed E-state index contributed by atoms with van der Waals surface area (Å²) in [5.74, 6) is 0. The summed E-state index contributed by atoms with van der Waals surface area (Å²) in [6, 6.07) is 14.1. The number of aromatic nitrogens is 3. The van der Waals surface area contributed by atoms with Crippen molar-refractivity contribution >= 4 is 5.69 Å². The van der Waals surface area contributed by atoms with Gasteiger partial charge in [-0.25, -0.2) is 14.0 Å². The lowest BCUT2D eigenvalue weighted by atomic mass is 9.98. The molecule has 3 aromatic rings. The molecule has 9 heteroatoms. The normalized spacial score (nSPS) is 13.9. The number of nitrogens with two attached hydrogens (primary N) is 1. The maximum Gasteiger partial charge on any atom is 0.350 e. The first-order chi connectivity index (χ1) is 15.5. The molecule has 0 atom stereocenters. The van der Waals surface area contributed by atoms with Gasteiger partial charge in [-0.1, -0.05) is 24.3 Å². The van der Waals surface area contributed by atoms with E-state index in [2.05, 4.69) is 39.6 Å². The summed E-state index contributed by atoms with van der Waals surface area (Å²) in [5, 5.41) is 7.36. The Morgan fingerprint density at radius 1 is 1.12 bits per heavy atom. The average molecular weight is 440 g/mol. The minimum Gasteiger partial charge on any atom is -0.369 e. The van der Waals surface area contributed by atoms with Gasteiger partial charge in [0.1, 0.15) is 6.33 Å². The van der Waals surface area contributed by atoms with Gasteiger partial charge in [-0.05, 0) is 41.8 Å². The largest absolute Gasteiger partial charge is 0.369 e. The highest BCUT2D eigenvalue weighted by Gasteiger charge is 2.15. The predicted octanol–water partition coefficient (Wildman–Crippen LogP) is 2.53. The summed E-state index contributed by atoms with van der Waals surface area (Å²) in [7, 11) is 0. The van der Waals surface area contributed by atoms with Gasteiger partial charge in [0.25, 0.3) is 6.08 Å². The van der Waals surface area contributed by atoms with Crippen molar-refractivity contribution in [3.63, 3.8) is 0 Å². The topological polar surface area (TPSA) is 81.1 Å². The Bertz CT molecular complexity index is 1170. The molecule has 0 aliphatic carbocycles. The Labute approximate surface area is 184 Å². The van der Waals surface area contributed by atoms with Gasteiger partial charge in [0.05, 0.1) is 12.2 Å². The van der Waals surface area contributed by atoms with Crippen LogP contribution in [0.1, 0.15) is 5.56 Å². The van der Waals surface area contributed by atoms with Crippen molar-refractivity contribution in [3.05, 3.63) is 76.5 Å². The lowest BCUT2D eigenvalue weighted by molar-refractivity contribution is 0.400.